The second-order valence-corrected chi connectivity index (χ2v) is 9.92. The molecule has 0 saturated heterocycles. The Morgan fingerprint density at radius 1 is 1.22 bits per heavy atom. The molecule has 32 heavy (non-hydrogen) atoms. The van der Waals surface area contributed by atoms with Gasteiger partial charge >= 0.3 is 0 Å². The van der Waals surface area contributed by atoms with Gasteiger partial charge in [0.1, 0.15) is 6.04 Å². The van der Waals surface area contributed by atoms with Crippen LogP contribution in [0.2, 0.25) is 0 Å². The normalized spacial score (nSPS) is 17.0. The lowest BCUT2D eigenvalue weighted by Gasteiger charge is -2.32. The van der Waals surface area contributed by atoms with Gasteiger partial charge in [-0.2, -0.15) is 0 Å². The molecule has 1 fully saturated rings. The number of nitrogens with zero attached hydrogens (tertiary/aromatic N) is 2. The number of carbonyl (C=O) groups excluding carboxylic acids is 2. The number of thiazole rings is 1. The molecule has 174 valence electrons. The smallest absolute Gasteiger partial charge is 0.243 e. The van der Waals surface area contributed by atoms with E-state index in [4.69, 9.17) is 0 Å². The Hall–Kier alpha value is -2.25. The highest BCUT2D eigenvalue weighted by Gasteiger charge is 2.34. The molecule has 0 aliphatic heterocycles. The van der Waals surface area contributed by atoms with E-state index in [1.807, 2.05) is 43.6 Å². The highest BCUT2D eigenvalue weighted by molar-refractivity contribution is 7.13. The van der Waals surface area contributed by atoms with Crippen molar-refractivity contribution in [2.45, 2.75) is 71.6 Å². The fraction of sp³-hybridized carbons (Fsp3) is 0.560. The number of benzene rings is 1. The average Bonchev–Trinajstić information content (AvgIpc) is 3.46. The average molecular weight is 458 g/mol. The number of aryl methyl sites for hydroxylation is 1. The minimum absolute atomic E-state index is 0.0121. The van der Waals surface area contributed by atoms with Gasteiger partial charge in [-0.3, -0.25) is 9.59 Å². The van der Waals surface area contributed by atoms with Crippen LogP contribution >= 0.6 is 11.3 Å². The molecule has 0 radical (unpaired) electrons. The van der Waals surface area contributed by atoms with Crippen LogP contribution in [0.25, 0.3) is 10.4 Å². The quantitative estimate of drug-likeness (QED) is 0.592. The van der Waals surface area contributed by atoms with Crippen LogP contribution in [-0.2, 0) is 16.1 Å². The van der Waals surface area contributed by atoms with Crippen molar-refractivity contribution >= 4 is 23.2 Å². The van der Waals surface area contributed by atoms with Gasteiger partial charge in [-0.1, -0.05) is 44.0 Å². The van der Waals surface area contributed by atoms with Gasteiger partial charge in [-0.15, -0.1) is 11.3 Å². The molecule has 1 aliphatic rings. The third-order valence-corrected chi connectivity index (χ3v) is 7.58. The monoisotopic (exact) mass is 457 g/mol. The standard InChI is InChI=1S/C25H35N3O3S/c1-16(29)13-22(28(4)25(31)17(2)20-7-5-6-8-20)24(30)26-14-19-9-11-21(12-10-19)23-18(3)27-15-32-23/h9-12,15-17,20,22,29H,5-8,13-14H2,1-4H3,(H,26,30)/t16-,17?,22-/m0/s1. The highest BCUT2D eigenvalue weighted by Crippen LogP contribution is 2.32. The van der Waals surface area contributed by atoms with Crippen molar-refractivity contribution in [1.82, 2.24) is 15.2 Å². The SMILES string of the molecule is Cc1ncsc1-c1ccc(CNC(=O)[C@H](C[C@H](C)O)N(C)C(=O)C(C)C2CCCC2)cc1. The molecule has 6 nitrogen and oxygen atoms in total. The lowest BCUT2D eigenvalue weighted by Crippen LogP contribution is -2.50. The van der Waals surface area contributed by atoms with Crippen molar-refractivity contribution in [3.63, 3.8) is 0 Å². The summed E-state index contributed by atoms with van der Waals surface area (Å²) in [4.78, 5) is 33.1. The first kappa shape index (κ1) is 24.4. The zero-order valence-corrected chi connectivity index (χ0v) is 20.3. The van der Waals surface area contributed by atoms with Crippen LogP contribution in [-0.4, -0.2) is 46.0 Å². The Morgan fingerprint density at radius 2 is 1.88 bits per heavy atom. The minimum Gasteiger partial charge on any atom is -0.393 e. The minimum atomic E-state index is -0.689. The van der Waals surface area contributed by atoms with Gasteiger partial charge in [-0.05, 0) is 43.7 Å². The predicted octanol–water partition coefficient (Wildman–Crippen LogP) is 4.16. The van der Waals surface area contributed by atoms with Crippen molar-refractivity contribution < 1.29 is 14.7 Å². The number of amides is 2. The molecule has 1 aromatic heterocycles. The summed E-state index contributed by atoms with van der Waals surface area (Å²) in [6.07, 6.45) is 4.03. The van der Waals surface area contributed by atoms with Gasteiger partial charge in [0.25, 0.3) is 0 Å². The van der Waals surface area contributed by atoms with Crippen molar-refractivity contribution in [2.24, 2.45) is 11.8 Å². The van der Waals surface area contributed by atoms with Crippen LogP contribution in [0.4, 0.5) is 0 Å². The van der Waals surface area contributed by atoms with Gasteiger partial charge in [0.05, 0.1) is 22.2 Å². The van der Waals surface area contributed by atoms with Crippen LogP contribution in [0.1, 0.15) is 57.2 Å². The fourth-order valence-corrected chi connectivity index (χ4v) is 5.37. The number of aliphatic hydroxyl groups excluding tert-OH is 1. The molecule has 1 aromatic carbocycles. The van der Waals surface area contributed by atoms with E-state index < -0.39 is 12.1 Å². The Kier molecular flexibility index (Phi) is 8.43. The van der Waals surface area contributed by atoms with Crippen LogP contribution in [0.15, 0.2) is 29.8 Å². The van der Waals surface area contributed by atoms with Gasteiger partial charge in [0.15, 0.2) is 0 Å². The van der Waals surface area contributed by atoms with Crippen LogP contribution in [0.3, 0.4) is 0 Å². The van der Waals surface area contributed by atoms with E-state index >= 15 is 0 Å². The molecule has 1 heterocycles. The second kappa shape index (κ2) is 11.1. The predicted molar refractivity (Wildman–Crippen MR) is 128 cm³/mol. The summed E-state index contributed by atoms with van der Waals surface area (Å²) in [5.74, 6) is 0.0418. The summed E-state index contributed by atoms with van der Waals surface area (Å²) >= 11 is 1.61. The van der Waals surface area contributed by atoms with E-state index in [0.29, 0.717) is 12.5 Å². The summed E-state index contributed by atoms with van der Waals surface area (Å²) < 4.78 is 0. The number of rotatable bonds is 9. The van der Waals surface area contributed by atoms with E-state index in [1.165, 1.54) is 12.8 Å². The summed E-state index contributed by atoms with van der Waals surface area (Å²) in [6.45, 7) is 5.99. The Labute approximate surface area is 195 Å². The molecular formula is C25H35N3O3S. The topological polar surface area (TPSA) is 82.5 Å². The van der Waals surface area contributed by atoms with Gasteiger partial charge < -0.3 is 15.3 Å². The molecule has 7 heteroatoms. The lowest BCUT2D eigenvalue weighted by atomic mass is 9.90. The molecule has 1 unspecified atom stereocenters. The molecule has 0 bridgehead atoms. The first-order valence-electron chi connectivity index (χ1n) is 11.5. The second-order valence-electron chi connectivity index (χ2n) is 9.06. The molecule has 2 aromatic rings. The zero-order chi connectivity index (χ0) is 23.3. The Balaban J connectivity index is 1.62. The highest BCUT2D eigenvalue weighted by atomic mass is 32.1. The molecule has 0 spiro atoms. The van der Waals surface area contributed by atoms with Crippen molar-refractivity contribution in [3.05, 3.63) is 41.0 Å². The fourth-order valence-electron chi connectivity index (χ4n) is 4.56. The number of aliphatic hydroxyl groups is 1. The van der Waals surface area contributed by atoms with Crippen LogP contribution in [0, 0.1) is 18.8 Å². The number of carbonyl (C=O) groups is 2. The maximum absolute atomic E-state index is 13.1. The first-order chi connectivity index (χ1) is 15.3. The number of hydrogen-bond acceptors (Lipinski definition) is 5. The van der Waals surface area contributed by atoms with E-state index in [0.717, 1.165) is 34.5 Å². The van der Waals surface area contributed by atoms with Crippen molar-refractivity contribution in [3.8, 4) is 10.4 Å². The molecule has 1 saturated carbocycles. The number of hydrogen-bond donors (Lipinski definition) is 2. The van der Waals surface area contributed by atoms with E-state index in [9.17, 15) is 14.7 Å². The largest absolute Gasteiger partial charge is 0.393 e. The maximum atomic E-state index is 13.1. The Bertz CT molecular complexity index is 903. The number of likely N-dealkylation sites (N-methyl/N-ethyl adjacent to an activating group) is 1. The third-order valence-electron chi connectivity index (χ3n) is 6.61. The van der Waals surface area contributed by atoms with E-state index in [2.05, 4.69) is 10.3 Å². The summed E-state index contributed by atoms with van der Waals surface area (Å²) in [7, 11) is 1.69. The zero-order valence-electron chi connectivity index (χ0n) is 19.5. The third kappa shape index (κ3) is 5.95. The van der Waals surface area contributed by atoms with Gasteiger partial charge in [-0.25, -0.2) is 4.98 Å². The first-order valence-corrected chi connectivity index (χ1v) is 12.4. The Morgan fingerprint density at radius 3 is 2.44 bits per heavy atom. The number of aromatic nitrogens is 1. The maximum Gasteiger partial charge on any atom is 0.243 e. The molecule has 2 amide bonds. The van der Waals surface area contributed by atoms with Crippen LogP contribution in [0.5, 0.6) is 0 Å². The molecule has 1 aliphatic carbocycles. The molecular weight excluding hydrogens is 422 g/mol. The van der Waals surface area contributed by atoms with E-state index in [-0.39, 0.29) is 24.2 Å². The molecule has 2 N–H and O–H groups in total. The molecule has 3 atom stereocenters. The van der Waals surface area contributed by atoms with Crippen molar-refractivity contribution in [1.29, 1.82) is 0 Å². The van der Waals surface area contributed by atoms with Gasteiger partial charge in [0.2, 0.25) is 11.8 Å². The summed E-state index contributed by atoms with van der Waals surface area (Å²) in [6, 6.07) is 7.37. The summed E-state index contributed by atoms with van der Waals surface area (Å²) in [5, 5.41) is 12.9. The van der Waals surface area contributed by atoms with Gasteiger partial charge in [0, 0.05) is 25.9 Å². The van der Waals surface area contributed by atoms with Crippen molar-refractivity contribution in [2.75, 3.05) is 7.05 Å². The number of nitrogens with one attached hydrogen (secondary N) is 1. The summed E-state index contributed by atoms with van der Waals surface area (Å²) in [5.41, 5.74) is 4.94. The molecule has 3 rings (SSSR count). The lowest BCUT2D eigenvalue weighted by molar-refractivity contribution is -0.144. The van der Waals surface area contributed by atoms with Crippen LogP contribution < -0.4 is 5.32 Å². The van der Waals surface area contributed by atoms with E-state index in [1.54, 1.807) is 30.2 Å².